The number of unbranched alkanes of at least 4 members (excludes halogenated alkanes) is 19. The fourth-order valence-electron chi connectivity index (χ4n) is 6.22. The molecule has 0 spiro atoms. The van der Waals surface area contributed by atoms with Gasteiger partial charge in [-0.25, -0.2) is 4.79 Å². The van der Waals surface area contributed by atoms with Crippen molar-refractivity contribution in [3.05, 3.63) is 48.6 Å². The molecule has 312 valence electrons. The summed E-state index contributed by atoms with van der Waals surface area (Å²) in [5, 5.41) is 9.61. The molecule has 1 N–H and O–H groups in total. The van der Waals surface area contributed by atoms with Gasteiger partial charge in [0, 0.05) is 19.3 Å². The molecule has 0 bridgehead atoms. The zero-order valence-electron chi connectivity index (χ0n) is 35.4. The molecule has 0 aromatic heterocycles. The molecule has 0 aliphatic carbocycles. The fourth-order valence-corrected chi connectivity index (χ4v) is 6.22. The van der Waals surface area contributed by atoms with Gasteiger partial charge in [-0.15, -0.1) is 0 Å². The van der Waals surface area contributed by atoms with Crippen molar-refractivity contribution in [2.24, 2.45) is 0 Å². The Morgan fingerprint density at radius 3 is 1.54 bits per heavy atom. The number of carboxylic acid groups (broad SMARTS) is 1. The summed E-state index contributed by atoms with van der Waals surface area (Å²) in [6.45, 7) is 4.57. The minimum Gasteiger partial charge on any atom is -0.477 e. The second-order valence-corrected chi connectivity index (χ2v) is 15.7. The number of quaternary nitrogens is 1. The van der Waals surface area contributed by atoms with Crippen molar-refractivity contribution in [2.75, 3.05) is 41.0 Å². The van der Waals surface area contributed by atoms with E-state index in [1.54, 1.807) is 0 Å². The second kappa shape index (κ2) is 37.2. The average molecular weight is 761 g/mol. The molecule has 0 rings (SSSR count). The first kappa shape index (κ1) is 51.3. The summed E-state index contributed by atoms with van der Waals surface area (Å²) in [4.78, 5) is 36.9. The van der Waals surface area contributed by atoms with Crippen molar-refractivity contribution in [1.29, 1.82) is 0 Å². The number of hydrogen-bond acceptors (Lipinski definition) is 6. The number of aliphatic carboxylic acids is 1. The first-order valence-corrected chi connectivity index (χ1v) is 21.7. The summed E-state index contributed by atoms with van der Waals surface area (Å²) < 4.78 is 17.2. The van der Waals surface area contributed by atoms with Gasteiger partial charge in [0.25, 0.3) is 0 Å². The number of esters is 2. The summed E-state index contributed by atoms with van der Waals surface area (Å²) >= 11 is 0. The second-order valence-electron chi connectivity index (χ2n) is 15.7. The van der Waals surface area contributed by atoms with E-state index < -0.39 is 18.1 Å². The lowest BCUT2D eigenvalue weighted by atomic mass is 10.0. The average Bonchev–Trinajstić information content (AvgIpc) is 3.12. The number of likely N-dealkylation sites (N-methyl/N-ethyl adjacent to an activating group) is 1. The molecule has 0 fully saturated rings. The van der Waals surface area contributed by atoms with Gasteiger partial charge >= 0.3 is 17.9 Å². The van der Waals surface area contributed by atoms with Gasteiger partial charge in [-0.2, -0.15) is 0 Å². The molecule has 8 heteroatoms. The van der Waals surface area contributed by atoms with Gasteiger partial charge in [0.2, 0.25) is 0 Å². The Bertz CT molecular complexity index is 1030. The third-order valence-corrected chi connectivity index (χ3v) is 9.59. The molecule has 0 amide bonds. The summed E-state index contributed by atoms with van der Waals surface area (Å²) in [5.74, 6) is -1.50. The standard InChI is InChI=1S/C46H81NO7/c1-6-8-10-12-14-16-18-20-22-24-26-28-30-32-34-36-44(48)53-41-42(40-52-39-38-43(46(50)51)47(3,4)5)54-45(49)37-35-33-31-29-27-25-23-21-19-17-15-13-11-9-7-2/h9,11,13,15,17,19,21,23,42-43H,6-8,10,12,14,16,18,20,22,24-41H2,1-5H3/p+1/b11-9+,15-13+,19-17+,23-21+. The highest BCUT2D eigenvalue weighted by Crippen LogP contribution is 2.15. The minimum absolute atomic E-state index is 0.0519. The van der Waals surface area contributed by atoms with Gasteiger partial charge in [-0.1, -0.05) is 172 Å². The van der Waals surface area contributed by atoms with E-state index >= 15 is 0 Å². The van der Waals surface area contributed by atoms with Gasteiger partial charge in [0.05, 0.1) is 34.4 Å². The molecule has 0 saturated carbocycles. The maximum Gasteiger partial charge on any atom is 0.362 e. The molecule has 2 atom stereocenters. The van der Waals surface area contributed by atoms with E-state index in [4.69, 9.17) is 14.2 Å². The zero-order chi connectivity index (χ0) is 40.0. The van der Waals surface area contributed by atoms with Crippen molar-refractivity contribution in [2.45, 2.75) is 187 Å². The highest BCUT2D eigenvalue weighted by Gasteiger charge is 2.31. The normalized spacial score (nSPS) is 13.4. The van der Waals surface area contributed by atoms with Crippen LogP contribution in [0, 0.1) is 0 Å². The van der Waals surface area contributed by atoms with E-state index in [1.165, 1.54) is 77.0 Å². The van der Waals surface area contributed by atoms with Gasteiger partial charge in [-0.3, -0.25) is 9.59 Å². The third-order valence-electron chi connectivity index (χ3n) is 9.59. The van der Waals surface area contributed by atoms with E-state index in [2.05, 4.69) is 38.2 Å². The zero-order valence-corrected chi connectivity index (χ0v) is 35.4. The maximum atomic E-state index is 12.7. The SMILES string of the molecule is CC/C=C/C=C/C=C/C=C/CCCCCCCC(=O)OC(COCCC(C(=O)O)[N+](C)(C)C)COC(=O)CCCCCCCCCCCCCCCCC. The van der Waals surface area contributed by atoms with Crippen LogP contribution in [0.15, 0.2) is 48.6 Å². The number of carbonyl (C=O) groups excluding carboxylic acids is 2. The first-order valence-electron chi connectivity index (χ1n) is 21.7. The van der Waals surface area contributed by atoms with Crippen LogP contribution in [0.25, 0.3) is 0 Å². The van der Waals surface area contributed by atoms with Crippen molar-refractivity contribution in [3.8, 4) is 0 Å². The number of nitrogens with zero attached hydrogens (tertiary/aromatic N) is 1. The lowest BCUT2D eigenvalue weighted by Gasteiger charge is -2.31. The molecule has 54 heavy (non-hydrogen) atoms. The van der Waals surface area contributed by atoms with E-state index in [-0.39, 0.29) is 36.2 Å². The number of hydrogen-bond donors (Lipinski definition) is 1. The van der Waals surface area contributed by atoms with Crippen LogP contribution in [0.4, 0.5) is 0 Å². The lowest BCUT2D eigenvalue weighted by Crippen LogP contribution is -2.50. The highest BCUT2D eigenvalue weighted by atomic mass is 16.6. The van der Waals surface area contributed by atoms with Crippen LogP contribution in [0.1, 0.15) is 174 Å². The monoisotopic (exact) mass is 761 g/mol. The Morgan fingerprint density at radius 2 is 1.04 bits per heavy atom. The van der Waals surface area contributed by atoms with Crippen LogP contribution in [0.2, 0.25) is 0 Å². The van der Waals surface area contributed by atoms with E-state index in [0.29, 0.717) is 19.3 Å². The summed E-state index contributed by atoms with van der Waals surface area (Å²) in [6, 6.07) is -0.619. The molecule has 0 aromatic rings. The van der Waals surface area contributed by atoms with Crippen LogP contribution in [0.3, 0.4) is 0 Å². The number of allylic oxidation sites excluding steroid dienone is 8. The quantitative estimate of drug-likeness (QED) is 0.0289. The van der Waals surface area contributed by atoms with Crippen LogP contribution >= 0.6 is 0 Å². The maximum absolute atomic E-state index is 12.7. The van der Waals surface area contributed by atoms with Gasteiger partial charge in [0.15, 0.2) is 12.1 Å². The van der Waals surface area contributed by atoms with Crippen LogP contribution < -0.4 is 0 Å². The summed E-state index contributed by atoms with van der Waals surface area (Å²) in [7, 11) is 5.51. The molecule has 0 aromatic carbocycles. The highest BCUT2D eigenvalue weighted by molar-refractivity contribution is 5.72. The van der Waals surface area contributed by atoms with Gasteiger partial charge < -0.3 is 23.8 Å². The van der Waals surface area contributed by atoms with Crippen molar-refractivity contribution < 1.29 is 38.2 Å². The first-order chi connectivity index (χ1) is 26.1. The Kier molecular flexibility index (Phi) is 35.4. The number of ether oxygens (including phenoxy) is 3. The van der Waals surface area contributed by atoms with Crippen LogP contribution in [0.5, 0.6) is 0 Å². The fraction of sp³-hybridized carbons (Fsp3) is 0.761. The molecular formula is C46H82NO7+. The summed E-state index contributed by atoms with van der Waals surface area (Å²) in [6.07, 6.45) is 42.9. The van der Waals surface area contributed by atoms with E-state index in [0.717, 1.165) is 64.2 Å². The predicted octanol–water partition coefficient (Wildman–Crippen LogP) is 11.6. The summed E-state index contributed by atoms with van der Waals surface area (Å²) in [5.41, 5.74) is 0. The minimum atomic E-state index is -0.880. The molecule has 8 nitrogen and oxygen atoms in total. The third kappa shape index (κ3) is 35.0. The smallest absolute Gasteiger partial charge is 0.362 e. The van der Waals surface area contributed by atoms with Crippen molar-refractivity contribution >= 4 is 17.9 Å². The Morgan fingerprint density at radius 1 is 0.574 bits per heavy atom. The van der Waals surface area contributed by atoms with Crippen LogP contribution in [-0.4, -0.2) is 80.6 Å². The van der Waals surface area contributed by atoms with E-state index in [9.17, 15) is 19.5 Å². The van der Waals surface area contributed by atoms with Gasteiger partial charge in [-0.05, 0) is 32.1 Å². The molecule has 2 unspecified atom stereocenters. The molecular weight excluding hydrogens is 679 g/mol. The molecule has 0 aliphatic heterocycles. The topological polar surface area (TPSA) is 99.1 Å². The lowest BCUT2D eigenvalue weighted by molar-refractivity contribution is -0.887. The molecule has 0 radical (unpaired) electrons. The molecule has 0 heterocycles. The Balaban J connectivity index is 4.39. The Hall–Kier alpha value is -2.71. The molecule has 0 saturated heterocycles. The number of carboxylic acids is 1. The van der Waals surface area contributed by atoms with Crippen molar-refractivity contribution in [3.63, 3.8) is 0 Å². The van der Waals surface area contributed by atoms with Crippen molar-refractivity contribution in [1.82, 2.24) is 0 Å². The van der Waals surface area contributed by atoms with E-state index in [1.807, 2.05) is 45.4 Å². The predicted molar refractivity (Wildman–Crippen MR) is 224 cm³/mol. The number of rotatable bonds is 38. The molecule has 0 aliphatic rings. The van der Waals surface area contributed by atoms with Crippen LogP contribution in [-0.2, 0) is 28.6 Å². The Labute approximate surface area is 331 Å². The number of carbonyl (C=O) groups is 3. The van der Waals surface area contributed by atoms with Gasteiger partial charge in [0.1, 0.15) is 6.61 Å². The largest absolute Gasteiger partial charge is 0.477 e.